The number of methoxy groups -OCH3 is 2. The monoisotopic (exact) mass is 472 g/mol. The molecule has 0 radical (unpaired) electrons. The number of carbonyl (C=O) groups is 2. The Morgan fingerprint density at radius 1 is 0.943 bits per heavy atom. The van der Waals surface area contributed by atoms with Gasteiger partial charge < -0.3 is 20.1 Å². The number of para-hydroxylation sites is 1. The molecule has 6 nitrogen and oxygen atoms in total. The number of amides is 2. The minimum atomic E-state index is -0.406. The molecule has 0 aliphatic carbocycles. The van der Waals surface area contributed by atoms with Gasteiger partial charge in [0, 0.05) is 30.5 Å². The van der Waals surface area contributed by atoms with Gasteiger partial charge in [-0.05, 0) is 42.0 Å². The second kappa shape index (κ2) is 11.1. The third-order valence-electron chi connectivity index (χ3n) is 6.63. The van der Waals surface area contributed by atoms with E-state index in [1.54, 1.807) is 14.2 Å². The van der Waals surface area contributed by atoms with Crippen LogP contribution in [0, 0.1) is 0 Å². The van der Waals surface area contributed by atoms with Gasteiger partial charge in [0.25, 0.3) is 0 Å². The van der Waals surface area contributed by atoms with Crippen molar-refractivity contribution in [1.82, 2.24) is 10.6 Å². The lowest BCUT2D eigenvalue weighted by atomic mass is 9.84. The molecule has 1 aliphatic heterocycles. The summed E-state index contributed by atoms with van der Waals surface area (Å²) in [5, 5.41) is 6.15. The Labute approximate surface area is 206 Å². The zero-order valence-electron chi connectivity index (χ0n) is 20.3. The maximum absolute atomic E-state index is 12.7. The van der Waals surface area contributed by atoms with Crippen LogP contribution >= 0.6 is 0 Å². The largest absolute Gasteiger partial charge is 0.493 e. The zero-order chi connectivity index (χ0) is 24.7. The Kier molecular flexibility index (Phi) is 7.70. The molecule has 0 spiro atoms. The number of hydrogen-bond donors (Lipinski definition) is 2. The van der Waals surface area contributed by atoms with Crippen molar-refractivity contribution in [2.75, 3.05) is 14.2 Å². The van der Waals surface area contributed by atoms with E-state index in [1.807, 2.05) is 36.4 Å². The molecule has 1 heterocycles. The summed E-state index contributed by atoms with van der Waals surface area (Å²) in [5.74, 6) is 1.24. The fourth-order valence-corrected chi connectivity index (χ4v) is 4.75. The molecule has 0 saturated carbocycles. The van der Waals surface area contributed by atoms with Gasteiger partial charge in [-0.25, -0.2) is 0 Å². The lowest BCUT2D eigenvalue weighted by Gasteiger charge is -2.29. The SMILES string of the molecule is COc1cccc(CNC(=O)CCC2(Cc3ccc(-c4ccccc4)cc3)CCC(=O)N2)c1OC. The quantitative estimate of drug-likeness (QED) is 0.450. The van der Waals surface area contributed by atoms with E-state index in [4.69, 9.17) is 9.47 Å². The summed E-state index contributed by atoms with van der Waals surface area (Å²) in [6.07, 6.45) is 2.83. The fourth-order valence-electron chi connectivity index (χ4n) is 4.75. The molecule has 182 valence electrons. The predicted molar refractivity (Wildman–Crippen MR) is 136 cm³/mol. The fraction of sp³-hybridized carbons (Fsp3) is 0.310. The second-order valence-corrected chi connectivity index (χ2v) is 9.00. The lowest BCUT2D eigenvalue weighted by Crippen LogP contribution is -2.44. The summed E-state index contributed by atoms with van der Waals surface area (Å²) in [6.45, 7) is 0.347. The molecular formula is C29H32N2O4. The highest BCUT2D eigenvalue weighted by Crippen LogP contribution is 2.32. The van der Waals surface area contributed by atoms with Crippen molar-refractivity contribution >= 4 is 11.8 Å². The van der Waals surface area contributed by atoms with Crippen LogP contribution in [-0.4, -0.2) is 31.6 Å². The molecule has 35 heavy (non-hydrogen) atoms. The molecule has 2 amide bonds. The maximum Gasteiger partial charge on any atom is 0.220 e. The van der Waals surface area contributed by atoms with Crippen molar-refractivity contribution in [3.8, 4) is 22.6 Å². The lowest BCUT2D eigenvalue weighted by molar-refractivity contribution is -0.122. The van der Waals surface area contributed by atoms with Crippen molar-refractivity contribution in [1.29, 1.82) is 0 Å². The number of ether oxygens (including phenoxy) is 2. The Balaban J connectivity index is 1.38. The maximum atomic E-state index is 12.7. The topological polar surface area (TPSA) is 76.7 Å². The normalized spacial score (nSPS) is 17.0. The predicted octanol–water partition coefficient (Wildman–Crippen LogP) is 4.66. The van der Waals surface area contributed by atoms with Crippen LogP contribution in [0.1, 0.15) is 36.8 Å². The van der Waals surface area contributed by atoms with E-state index in [9.17, 15) is 9.59 Å². The number of carbonyl (C=O) groups excluding carboxylic acids is 2. The molecule has 1 unspecified atom stereocenters. The minimum absolute atomic E-state index is 0.0485. The highest BCUT2D eigenvalue weighted by Gasteiger charge is 2.37. The molecule has 4 rings (SSSR count). The van der Waals surface area contributed by atoms with Gasteiger partial charge in [-0.3, -0.25) is 9.59 Å². The van der Waals surface area contributed by atoms with Gasteiger partial charge in [-0.2, -0.15) is 0 Å². The average Bonchev–Trinajstić information content (AvgIpc) is 3.27. The van der Waals surface area contributed by atoms with Gasteiger partial charge >= 0.3 is 0 Å². The summed E-state index contributed by atoms with van der Waals surface area (Å²) in [4.78, 5) is 24.8. The number of benzene rings is 3. The number of rotatable bonds is 10. The molecule has 1 saturated heterocycles. The van der Waals surface area contributed by atoms with Crippen LogP contribution in [0.4, 0.5) is 0 Å². The van der Waals surface area contributed by atoms with E-state index >= 15 is 0 Å². The van der Waals surface area contributed by atoms with Gasteiger partial charge in [0.1, 0.15) is 0 Å². The van der Waals surface area contributed by atoms with Crippen molar-refractivity contribution < 1.29 is 19.1 Å². The summed E-state index contributed by atoms with van der Waals surface area (Å²) < 4.78 is 10.8. The number of nitrogens with one attached hydrogen (secondary N) is 2. The van der Waals surface area contributed by atoms with Gasteiger partial charge in [0.2, 0.25) is 11.8 Å². The van der Waals surface area contributed by atoms with Crippen LogP contribution in [0.3, 0.4) is 0 Å². The minimum Gasteiger partial charge on any atom is -0.493 e. The van der Waals surface area contributed by atoms with Crippen LogP contribution in [0.25, 0.3) is 11.1 Å². The van der Waals surface area contributed by atoms with E-state index in [0.717, 1.165) is 23.1 Å². The first-order valence-electron chi connectivity index (χ1n) is 11.9. The summed E-state index contributed by atoms with van der Waals surface area (Å²) >= 11 is 0. The third kappa shape index (κ3) is 6.01. The van der Waals surface area contributed by atoms with Crippen LogP contribution in [0.5, 0.6) is 11.5 Å². The molecule has 1 atom stereocenters. The summed E-state index contributed by atoms with van der Waals surface area (Å²) in [7, 11) is 3.17. The Hall–Kier alpha value is -3.80. The Morgan fingerprint density at radius 3 is 2.34 bits per heavy atom. The van der Waals surface area contributed by atoms with Crippen LogP contribution in [0.2, 0.25) is 0 Å². The average molecular weight is 473 g/mol. The molecule has 3 aromatic carbocycles. The Morgan fingerprint density at radius 2 is 1.69 bits per heavy atom. The standard InChI is InChI=1S/C29H32N2O4/c1-34-25-10-6-9-24(28(25)35-2)20-30-26(32)15-17-29(18-16-27(33)31-29)19-21-11-13-23(14-12-21)22-7-4-3-5-8-22/h3-14H,15-20H2,1-2H3,(H,30,32)(H,31,33). The first kappa shape index (κ1) is 24.3. The van der Waals surface area contributed by atoms with Crippen molar-refractivity contribution in [3.63, 3.8) is 0 Å². The molecular weight excluding hydrogens is 440 g/mol. The van der Waals surface area contributed by atoms with Crippen LogP contribution in [0.15, 0.2) is 72.8 Å². The molecule has 1 aliphatic rings. The number of hydrogen-bond acceptors (Lipinski definition) is 4. The summed E-state index contributed by atoms with van der Waals surface area (Å²) in [5.41, 5.74) is 3.92. The van der Waals surface area contributed by atoms with E-state index in [-0.39, 0.29) is 11.8 Å². The smallest absolute Gasteiger partial charge is 0.220 e. The molecule has 2 N–H and O–H groups in total. The van der Waals surface area contributed by atoms with Crippen LogP contribution < -0.4 is 20.1 Å². The van der Waals surface area contributed by atoms with Crippen molar-refractivity contribution in [2.45, 2.75) is 44.2 Å². The molecule has 1 fully saturated rings. The van der Waals surface area contributed by atoms with Gasteiger partial charge in [-0.15, -0.1) is 0 Å². The van der Waals surface area contributed by atoms with Gasteiger partial charge in [0.15, 0.2) is 11.5 Å². The second-order valence-electron chi connectivity index (χ2n) is 9.00. The molecule has 3 aromatic rings. The molecule has 0 bridgehead atoms. The van der Waals surface area contributed by atoms with E-state index in [2.05, 4.69) is 47.0 Å². The van der Waals surface area contributed by atoms with Crippen LogP contribution in [-0.2, 0) is 22.6 Å². The molecule has 6 heteroatoms. The van der Waals surface area contributed by atoms with E-state index in [0.29, 0.717) is 43.7 Å². The first-order valence-corrected chi connectivity index (χ1v) is 11.9. The summed E-state index contributed by atoms with van der Waals surface area (Å²) in [6, 6.07) is 24.3. The highest BCUT2D eigenvalue weighted by atomic mass is 16.5. The Bertz CT molecular complexity index is 1160. The van der Waals surface area contributed by atoms with Gasteiger partial charge in [-0.1, -0.05) is 66.7 Å². The zero-order valence-corrected chi connectivity index (χ0v) is 20.3. The van der Waals surface area contributed by atoms with Gasteiger partial charge in [0.05, 0.1) is 14.2 Å². The highest BCUT2D eigenvalue weighted by molar-refractivity contribution is 5.80. The van der Waals surface area contributed by atoms with E-state index < -0.39 is 5.54 Å². The third-order valence-corrected chi connectivity index (χ3v) is 6.63. The van der Waals surface area contributed by atoms with Crippen molar-refractivity contribution in [2.24, 2.45) is 0 Å². The molecule has 0 aromatic heterocycles. The van der Waals surface area contributed by atoms with E-state index in [1.165, 1.54) is 5.56 Å². The first-order chi connectivity index (χ1) is 17.0. The van der Waals surface area contributed by atoms with Crippen molar-refractivity contribution in [3.05, 3.63) is 83.9 Å².